The van der Waals surface area contributed by atoms with Gasteiger partial charge in [-0.05, 0) is 32.3 Å². The predicted octanol–water partition coefficient (Wildman–Crippen LogP) is -0.574. The first-order chi connectivity index (χ1) is 11.2. The molecule has 2 aromatic rings. The molecule has 11 heteroatoms. The molecule has 0 aliphatic carbocycles. The number of sulfonamides is 1. The second kappa shape index (κ2) is 8.63. The zero-order valence-corrected chi connectivity index (χ0v) is 15.7. The zero-order valence-electron chi connectivity index (χ0n) is 13.3. The SMILES string of the molecule is CN(C)C(CNS(=O)(=O)c1cc([N+](=O)[O-])ccc1Cl)c1ccco1.[Cl-]. The van der Waals surface area contributed by atoms with Crippen LogP contribution in [0.1, 0.15) is 11.8 Å². The number of halogens is 2. The Morgan fingerprint density at radius 1 is 1.36 bits per heavy atom. The van der Waals surface area contributed by atoms with Gasteiger partial charge in [0.2, 0.25) is 10.0 Å². The molecular weight excluding hydrogens is 393 g/mol. The Kier molecular flexibility index (Phi) is 7.39. The average molecular weight is 409 g/mol. The summed E-state index contributed by atoms with van der Waals surface area (Å²) in [5.41, 5.74) is -0.352. The fourth-order valence-corrected chi connectivity index (χ4v) is 3.65. The van der Waals surface area contributed by atoms with E-state index < -0.39 is 14.9 Å². The van der Waals surface area contributed by atoms with Crippen LogP contribution in [0.25, 0.3) is 0 Å². The maximum Gasteiger partial charge on any atom is 0.270 e. The summed E-state index contributed by atoms with van der Waals surface area (Å²) in [6.07, 6.45) is 1.50. The van der Waals surface area contributed by atoms with E-state index in [9.17, 15) is 18.5 Å². The molecule has 1 unspecified atom stereocenters. The summed E-state index contributed by atoms with van der Waals surface area (Å²) in [4.78, 5) is 11.6. The van der Waals surface area contributed by atoms with E-state index in [0.29, 0.717) is 5.76 Å². The molecule has 1 aromatic heterocycles. The van der Waals surface area contributed by atoms with Gasteiger partial charge in [0, 0.05) is 18.7 Å². The fourth-order valence-electron chi connectivity index (χ4n) is 2.10. The molecule has 2 rings (SSSR count). The van der Waals surface area contributed by atoms with Crippen molar-refractivity contribution >= 4 is 27.3 Å². The second-order valence-corrected chi connectivity index (χ2v) is 7.36. The highest BCUT2D eigenvalue weighted by Gasteiger charge is 2.24. The third kappa shape index (κ3) is 5.16. The number of benzene rings is 1. The highest BCUT2D eigenvalue weighted by atomic mass is 35.5. The molecule has 0 amide bonds. The monoisotopic (exact) mass is 408 g/mol. The van der Waals surface area contributed by atoms with Gasteiger partial charge in [-0.25, -0.2) is 13.1 Å². The number of non-ortho nitro benzene ring substituents is 1. The molecule has 0 aliphatic heterocycles. The molecule has 0 fully saturated rings. The van der Waals surface area contributed by atoms with Crippen LogP contribution in [-0.2, 0) is 10.0 Å². The van der Waals surface area contributed by atoms with E-state index >= 15 is 0 Å². The molecule has 0 saturated carbocycles. The lowest BCUT2D eigenvalue weighted by Crippen LogP contribution is -3.00. The Labute approximate surface area is 156 Å². The number of nitrogens with zero attached hydrogens (tertiary/aromatic N) is 2. The van der Waals surface area contributed by atoms with Gasteiger partial charge in [0.05, 0.1) is 22.3 Å². The van der Waals surface area contributed by atoms with Crippen molar-refractivity contribution in [2.75, 3.05) is 20.6 Å². The number of nitrogens with one attached hydrogen (secondary N) is 1. The number of nitro benzene ring substituents is 1. The van der Waals surface area contributed by atoms with E-state index in [4.69, 9.17) is 16.0 Å². The molecule has 1 atom stereocenters. The molecule has 1 N–H and O–H groups in total. The maximum absolute atomic E-state index is 12.5. The van der Waals surface area contributed by atoms with Gasteiger partial charge >= 0.3 is 0 Å². The number of rotatable bonds is 7. The average Bonchev–Trinajstić information content (AvgIpc) is 3.01. The van der Waals surface area contributed by atoms with Gasteiger partial charge in [-0.2, -0.15) is 0 Å². The summed E-state index contributed by atoms with van der Waals surface area (Å²) in [6.45, 7) is 0.0157. The smallest absolute Gasteiger partial charge is 0.270 e. The van der Waals surface area contributed by atoms with E-state index in [1.165, 1.54) is 12.3 Å². The van der Waals surface area contributed by atoms with E-state index in [1.54, 1.807) is 31.1 Å². The van der Waals surface area contributed by atoms with Crippen molar-refractivity contribution in [3.05, 3.63) is 57.5 Å². The third-order valence-corrected chi connectivity index (χ3v) is 5.28. The van der Waals surface area contributed by atoms with Crippen LogP contribution in [0.5, 0.6) is 0 Å². The molecule has 0 aliphatic rings. The van der Waals surface area contributed by atoms with Crippen molar-refractivity contribution in [3.63, 3.8) is 0 Å². The summed E-state index contributed by atoms with van der Waals surface area (Å²) in [6, 6.07) is 6.36. The number of hydrogen-bond donors (Lipinski definition) is 1. The van der Waals surface area contributed by atoms with Crippen LogP contribution >= 0.6 is 11.6 Å². The number of nitro groups is 1. The first-order valence-electron chi connectivity index (χ1n) is 6.86. The van der Waals surface area contributed by atoms with Crippen LogP contribution in [0.15, 0.2) is 45.9 Å². The lowest BCUT2D eigenvalue weighted by atomic mass is 10.2. The molecule has 0 spiro atoms. The van der Waals surface area contributed by atoms with Gasteiger partial charge in [0.1, 0.15) is 10.7 Å². The van der Waals surface area contributed by atoms with Crippen LogP contribution in [0, 0.1) is 10.1 Å². The number of hydrogen-bond acceptors (Lipinski definition) is 6. The van der Waals surface area contributed by atoms with E-state index in [0.717, 1.165) is 12.1 Å². The first kappa shape index (κ1) is 21.4. The van der Waals surface area contributed by atoms with Gasteiger partial charge in [-0.3, -0.25) is 15.0 Å². The van der Waals surface area contributed by atoms with Gasteiger partial charge < -0.3 is 16.8 Å². The molecule has 138 valence electrons. The van der Waals surface area contributed by atoms with Gasteiger partial charge in [0.25, 0.3) is 5.69 Å². The first-order valence-corrected chi connectivity index (χ1v) is 8.72. The Bertz CT molecular complexity index is 825. The minimum atomic E-state index is -4.02. The highest BCUT2D eigenvalue weighted by molar-refractivity contribution is 7.89. The van der Waals surface area contributed by atoms with Crippen molar-refractivity contribution < 1.29 is 30.2 Å². The number of likely N-dealkylation sites (N-methyl/N-ethyl adjacent to an activating group) is 1. The normalized spacial score (nSPS) is 12.6. The molecule has 1 aromatic carbocycles. The van der Waals surface area contributed by atoms with Crippen molar-refractivity contribution in [1.29, 1.82) is 0 Å². The van der Waals surface area contributed by atoms with Crippen LogP contribution < -0.4 is 17.1 Å². The van der Waals surface area contributed by atoms with Crippen LogP contribution in [0.2, 0.25) is 5.02 Å². The molecule has 25 heavy (non-hydrogen) atoms. The quantitative estimate of drug-likeness (QED) is 0.485. The Morgan fingerprint density at radius 3 is 2.56 bits per heavy atom. The fraction of sp³-hybridized carbons (Fsp3) is 0.286. The van der Waals surface area contributed by atoms with E-state index in [2.05, 4.69) is 4.72 Å². The summed E-state index contributed by atoms with van der Waals surface area (Å²) < 4.78 is 32.6. The van der Waals surface area contributed by atoms with Crippen molar-refractivity contribution in [3.8, 4) is 0 Å². The lowest BCUT2D eigenvalue weighted by molar-refractivity contribution is -0.385. The number of furan rings is 1. The molecular formula is C14H16Cl2N3O5S-. The molecule has 1 heterocycles. The van der Waals surface area contributed by atoms with Gasteiger partial charge in [-0.15, -0.1) is 0 Å². The van der Waals surface area contributed by atoms with Crippen molar-refractivity contribution in [1.82, 2.24) is 9.62 Å². The summed E-state index contributed by atoms with van der Waals surface area (Å²) in [7, 11) is -0.462. The highest BCUT2D eigenvalue weighted by Crippen LogP contribution is 2.26. The maximum atomic E-state index is 12.5. The van der Waals surface area contributed by atoms with Crippen LogP contribution in [0.4, 0.5) is 5.69 Å². The Hall–Kier alpha value is -1.65. The topological polar surface area (TPSA) is 106 Å². The predicted molar refractivity (Wildman–Crippen MR) is 88.4 cm³/mol. The summed E-state index contributed by atoms with van der Waals surface area (Å²) >= 11 is 5.89. The third-order valence-electron chi connectivity index (χ3n) is 3.38. The Balaban J connectivity index is 0.00000312. The van der Waals surface area contributed by atoms with Crippen molar-refractivity contribution in [2.45, 2.75) is 10.9 Å². The largest absolute Gasteiger partial charge is 1.00 e. The van der Waals surface area contributed by atoms with Crippen LogP contribution in [-0.4, -0.2) is 38.9 Å². The second-order valence-electron chi connectivity index (χ2n) is 5.22. The Morgan fingerprint density at radius 2 is 2.04 bits per heavy atom. The summed E-state index contributed by atoms with van der Waals surface area (Å²) in [5.74, 6) is 0.591. The zero-order chi connectivity index (χ0) is 17.9. The van der Waals surface area contributed by atoms with Crippen LogP contribution in [0.3, 0.4) is 0 Å². The minimum Gasteiger partial charge on any atom is -1.00 e. The van der Waals surface area contributed by atoms with Gasteiger partial charge in [0.15, 0.2) is 0 Å². The summed E-state index contributed by atoms with van der Waals surface area (Å²) in [5, 5.41) is 10.7. The standard InChI is InChI=1S/C14H16ClN3O5S.ClH/c1-17(2)12(13-4-3-7-23-13)9-16-24(21,22)14-8-10(18(19)20)5-6-11(14)15;/h3-8,12,16H,9H2,1-2H3;1H/p-1. The van der Waals surface area contributed by atoms with Crippen molar-refractivity contribution in [2.24, 2.45) is 0 Å². The minimum absolute atomic E-state index is 0. The van der Waals surface area contributed by atoms with Gasteiger partial charge in [-0.1, -0.05) is 11.6 Å². The molecule has 0 saturated heterocycles. The molecule has 0 radical (unpaired) electrons. The van der Waals surface area contributed by atoms with E-state index in [-0.39, 0.29) is 40.6 Å². The lowest BCUT2D eigenvalue weighted by Gasteiger charge is -2.22. The molecule has 8 nitrogen and oxygen atoms in total. The molecule has 0 bridgehead atoms. The van der Waals surface area contributed by atoms with E-state index in [1.807, 2.05) is 0 Å².